The number of benzene rings is 1. The first-order valence-corrected chi connectivity index (χ1v) is 5.87. The van der Waals surface area contributed by atoms with Crippen LogP contribution in [0.2, 0.25) is 0 Å². The van der Waals surface area contributed by atoms with Gasteiger partial charge in [0.15, 0.2) is 4.60 Å². The number of aryl methyl sites for hydroxylation is 1. The van der Waals surface area contributed by atoms with Crippen molar-refractivity contribution < 1.29 is 4.74 Å². The summed E-state index contributed by atoms with van der Waals surface area (Å²) in [6, 6.07) is 7.36. The van der Waals surface area contributed by atoms with Gasteiger partial charge in [-0.3, -0.25) is 0 Å². The zero-order valence-corrected chi connectivity index (χ0v) is 11.2. The molecule has 17 heavy (non-hydrogen) atoms. The van der Waals surface area contributed by atoms with Crippen molar-refractivity contribution in [3.63, 3.8) is 0 Å². The Morgan fingerprint density at radius 2 is 2.24 bits per heavy atom. The molecule has 2 rings (SSSR count). The minimum absolute atomic E-state index is 0.292. The number of methoxy groups -OCH3 is 1. The number of ether oxygens (including phenoxy) is 1. The maximum absolute atomic E-state index is 6.20. The van der Waals surface area contributed by atoms with Gasteiger partial charge in [-0.2, -0.15) is 0 Å². The molecule has 90 valence electrons. The fourth-order valence-electron chi connectivity index (χ4n) is 1.66. The molecule has 0 radical (unpaired) electrons. The van der Waals surface area contributed by atoms with Gasteiger partial charge in [-0.05, 0) is 33.6 Å². The van der Waals surface area contributed by atoms with Crippen molar-refractivity contribution in [1.82, 2.24) is 15.0 Å². The minimum atomic E-state index is -0.292. The molecule has 0 fully saturated rings. The van der Waals surface area contributed by atoms with Crippen LogP contribution in [-0.2, 0) is 7.05 Å². The molecule has 1 aromatic heterocycles. The van der Waals surface area contributed by atoms with Crippen LogP contribution >= 0.6 is 15.9 Å². The van der Waals surface area contributed by atoms with Gasteiger partial charge in [-0.1, -0.05) is 17.3 Å². The highest BCUT2D eigenvalue weighted by Gasteiger charge is 2.18. The van der Waals surface area contributed by atoms with Gasteiger partial charge in [0.2, 0.25) is 0 Å². The summed E-state index contributed by atoms with van der Waals surface area (Å²) in [5.41, 5.74) is 7.99. The van der Waals surface area contributed by atoms with Gasteiger partial charge in [0, 0.05) is 7.05 Å². The van der Waals surface area contributed by atoms with E-state index >= 15 is 0 Å². The SMILES string of the molecule is COc1cccc(C(N)c2c(Br)nnn2C)c1. The summed E-state index contributed by atoms with van der Waals surface area (Å²) in [7, 11) is 3.44. The van der Waals surface area contributed by atoms with E-state index in [2.05, 4.69) is 26.2 Å². The second-order valence-electron chi connectivity index (χ2n) is 3.64. The normalized spacial score (nSPS) is 12.5. The largest absolute Gasteiger partial charge is 0.497 e. The molecule has 0 aliphatic rings. The lowest BCUT2D eigenvalue weighted by atomic mass is 10.1. The standard InChI is InChI=1S/C11H13BrN4O/c1-16-10(11(12)14-15-16)9(13)7-4-3-5-8(6-7)17-2/h3-6,9H,13H2,1-2H3. The lowest BCUT2D eigenvalue weighted by Gasteiger charge is -2.13. The van der Waals surface area contributed by atoms with E-state index < -0.39 is 0 Å². The van der Waals surface area contributed by atoms with Crippen molar-refractivity contribution in [1.29, 1.82) is 0 Å². The van der Waals surface area contributed by atoms with Crippen LogP contribution < -0.4 is 10.5 Å². The Hall–Kier alpha value is -1.40. The Labute approximate surface area is 108 Å². The van der Waals surface area contributed by atoms with Crippen molar-refractivity contribution in [3.8, 4) is 5.75 Å². The zero-order valence-electron chi connectivity index (χ0n) is 9.59. The first-order valence-electron chi connectivity index (χ1n) is 5.08. The highest BCUT2D eigenvalue weighted by Crippen LogP contribution is 2.26. The van der Waals surface area contributed by atoms with E-state index in [0.717, 1.165) is 17.0 Å². The average molecular weight is 297 g/mol. The number of nitrogens with two attached hydrogens (primary N) is 1. The molecular formula is C11H13BrN4O. The number of nitrogens with zero attached hydrogens (tertiary/aromatic N) is 3. The quantitative estimate of drug-likeness (QED) is 0.935. The van der Waals surface area contributed by atoms with Crippen LogP contribution in [0.15, 0.2) is 28.9 Å². The molecule has 0 bridgehead atoms. The molecule has 1 atom stereocenters. The van der Waals surface area contributed by atoms with Gasteiger partial charge in [0.1, 0.15) is 5.75 Å². The fourth-order valence-corrected chi connectivity index (χ4v) is 2.24. The third-order valence-corrected chi connectivity index (χ3v) is 3.14. The van der Waals surface area contributed by atoms with Crippen LogP contribution in [0.25, 0.3) is 0 Å². The van der Waals surface area contributed by atoms with E-state index in [0.29, 0.717) is 4.60 Å². The zero-order chi connectivity index (χ0) is 12.4. The smallest absolute Gasteiger partial charge is 0.153 e. The summed E-state index contributed by atoms with van der Waals surface area (Å²) in [5, 5.41) is 7.84. The summed E-state index contributed by atoms with van der Waals surface area (Å²) >= 11 is 3.34. The van der Waals surface area contributed by atoms with Crippen molar-refractivity contribution in [2.24, 2.45) is 12.8 Å². The molecule has 1 unspecified atom stereocenters. The molecule has 0 spiro atoms. The summed E-state index contributed by atoms with van der Waals surface area (Å²) < 4.78 is 7.50. The second-order valence-corrected chi connectivity index (χ2v) is 4.39. The minimum Gasteiger partial charge on any atom is -0.497 e. The van der Waals surface area contributed by atoms with Gasteiger partial charge < -0.3 is 10.5 Å². The summed E-state index contributed by atoms with van der Waals surface area (Å²) in [5.74, 6) is 0.782. The van der Waals surface area contributed by atoms with E-state index in [1.807, 2.05) is 31.3 Å². The van der Waals surface area contributed by atoms with Crippen LogP contribution in [0, 0.1) is 0 Å². The van der Waals surface area contributed by atoms with Gasteiger partial charge in [-0.25, -0.2) is 4.68 Å². The van der Waals surface area contributed by atoms with Gasteiger partial charge in [0.05, 0.1) is 18.8 Å². The van der Waals surface area contributed by atoms with E-state index in [1.165, 1.54) is 0 Å². The van der Waals surface area contributed by atoms with Crippen molar-refractivity contribution in [3.05, 3.63) is 40.1 Å². The van der Waals surface area contributed by atoms with Crippen molar-refractivity contribution in [2.75, 3.05) is 7.11 Å². The molecule has 6 heteroatoms. The first kappa shape index (κ1) is 12.1. The van der Waals surface area contributed by atoms with Crippen molar-refractivity contribution in [2.45, 2.75) is 6.04 Å². The van der Waals surface area contributed by atoms with E-state index in [1.54, 1.807) is 11.8 Å². The Morgan fingerprint density at radius 3 is 2.82 bits per heavy atom. The number of halogens is 1. The maximum atomic E-state index is 6.20. The van der Waals surface area contributed by atoms with E-state index in [4.69, 9.17) is 10.5 Å². The van der Waals surface area contributed by atoms with E-state index in [-0.39, 0.29) is 6.04 Å². The molecule has 5 nitrogen and oxygen atoms in total. The monoisotopic (exact) mass is 296 g/mol. The predicted octanol–water partition coefficient (Wildman–Crippen LogP) is 1.63. The van der Waals surface area contributed by atoms with Crippen molar-refractivity contribution >= 4 is 15.9 Å². The first-order chi connectivity index (χ1) is 8.13. The summed E-state index contributed by atoms with van der Waals surface area (Å²) in [6.45, 7) is 0. The Kier molecular flexibility index (Phi) is 3.44. The summed E-state index contributed by atoms with van der Waals surface area (Å²) in [4.78, 5) is 0. The predicted molar refractivity (Wildman–Crippen MR) is 67.7 cm³/mol. The Balaban J connectivity index is 2.40. The van der Waals surface area contributed by atoms with Gasteiger partial charge >= 0.3 is 0 Å². The molecule has 0 amide bonds. The molecule has 0 saturated heterocycles. The highest BCUT2D eigenvalue weighted by molar-refractivity contribution is 9.10. The number of aromatic nitrogens is 3. The van der Waals surface area contributed by atoms with Crippen LogP contribution in [0.1, 0.15) is 17.3 Å². The number of hydrogen-bond acceptors (Lipinski definition) is 4. The molecule has 0 aliphatic heterocycles. The highest BCUT2D eigenvalue weighted by atomic mass is 79.9. The lowest BCUT2D eigenvalue weighted by Crippen LogP contribution is -2.16. The maximum Gasteiger partial charge on any atom is 0.153 e. The topological polar surface area (TPSA) is 66.0 Å². The lowest BCUT2D eigenvalue weighted by molar-refractivity contribution is 0.414. The van der Waals surface area contributed by atoms with Crippen LogP contribution in [0.5, 0.6) is 5.75 Å². The third-order valence-electron chi connectivity index (χ3n) is 2.57. The molecule has 0 aliphatic carbocycles. The van der Waals surface area contributed by atoms with Crippen LogP contribution in [0.4, 0.5) is 0 Å². The molecule has 2 N–H and O–H groups in total. The Morgan fingerprint density at radius 1 is 1.47 bits per heavy atom. The van der Waals surface area contributed by atoms with Gasteiger partial charge in [-0.15, -0.1) is 5.10 Å². The molecular weight excluding hydrogens is 284 g/mol. The molecule has 1 heterocycles. The molecule has 0 saturated carbocycles. The van der Waals surface area contributed by atoms with Gasteiger partial charge in [0.25, 0.3) is 0 Å². The number of hydrogen-bond donors (Lipinski definition) is 1. The van der Waals surface area contributed by atoms with Crippen LogP contribution in [0.3, 0.4) is 0 Å². The van der Waals surface area contributed by atoms with Crippen LogP contribution in [-0.4, -0.2) is 22.1 Å². The third kappa shape index (κ3) is 2.32. The number of rotatable bonds is 3. The second kappa shape index (κ2) is 4.85. The van der Waals surface area contributed by atoms with E-state index in [9.17, 15) is 0 Å². The average Bonchev–Trinajstić information content (AvgIpc) is 2.68. The molecule has 1 aromatic carbocycles. The molecule has 2 aromatic rings. The fraction of sp³-hybridized carbons (Fsp3) is 0.273. The Bertz CT molecular complexity index is 506. The summed E-state index contributed by atoms with van der Waals surface area (Å²) in [6.07, 6.45) is 0.